The summed E-state index contributed by atoms with van der Waals surface area (Å²) < 4.78 is 28.5. The predicted octanol–water partition coefficient (Wildman–Crippen LogP) is 3.35. The summed E-state index contributed by atoms with van der Waals surface area (Å²) in [5.74, 6) is -0.0315. The van der Waals surface area contributed by atoms with Crippen LogP contribution in [-0.4, -0.2) is 26.3 Å². The first-order valence-electron chi connectivity index (χ1n) is 8.93. The van der Waals surface area contributed by atoms with E-state index in [1.807, 2.05) is 32.0 Å². The van der Waals surface area contributed by atoms with Crippen LogP contribution in [0, 0.1) is 12.8 Å². The van der Waals surface area contributed by atoms with Gasteiger partial charge in [-0.15, -0.1) is 0 Å². The first kappa shape index (κ1) is 17.1. The Kier molecular flexibility index (Phi) is 4.03. The van der Waals surface area contributed by atoms with E-state index >= 15 is 0 Å². The van der Waals surface area contributed by atoms with Crippen LogP contribution in [0.15, 0.2) is 53.4 Å². The molecule has 0 aromatic heterocycles. The van der Waals surface area contributed by atoms with Crippen LogP contribution in [-0.2, 0) is 14.8 Å². The van der Waals surface area contributed by atoms with Gasteiger partial charge in [0.25, 0.3) is 10.0 Å². The van der Waals surface area contributed by atoms with Gasteiger partial charge in [-0.2, -0.15) is 0 Å². The molecule has 0 saturated heterocycles. The lowest BCUT2D eigenvalue weighted by atomic mass is 9.96. The second-order valence-electron chi connectivity index (χ2n) is 7.05. The van der Waals surface area contributed by atoms with Gasteiger partial charge in [0, 0.05) is 12.3 Å². The summed E-state index contributed by atoms with van der Waals surface area (Å²) in [7, 11) is -3.76. The molecule has 4 rings (SSSR count). The number of benzene rings is 2. The molecule has 136 valence electrons. The summed E-state index contributed by atoms with van der Waals surface area (Å²) in [4.78, 5) is 12.8. The molecule has 26 heavy (non-hydrogen) atoms. The maximum atomic E-state index is 13.5. The number of hydrogen-bond acceptors (Lipinski definition) is 4. The molecule has 3 atom stereocenters. The second kappa shape index (κ2) is 6.13. The lowest BCUT2D eigenvalue weighted by Crippen LogP contribution is -2.52. The summed E-state index contributed by atoms with van der Waals surface area (Å²) in [6.07, 6.45) is 0.948. The first-order valence-corrected chi connectivity index (χ1v) is 10.4. The van der Waals surface area contributed by atoms with Gasteiger partial charge >= 0.3 is 0 Å². The van der Waals surface area contributed by atoms with Gasteiger partial charge in [0.1, 0.15) is 5.78 Å². The van der Waals surface area contributed by atoms with E-state index in [2.05, 4.69) is 5.32 Å². The van der Waals surface area contributed by atoms with Crippen molar-refractivity contribution < 1.29 is 13.2 Å². The average molecular weight is 370 g/mol. The number of anilines is 2. The monoisotopic (exact) mass is 370 g/mol. The van der Waals surface area contributed by atoms with Crippen LogP contribution in [0.4, 0.5) is 11.4 Å². The fourth-order valence-corrected chi connectivity index (χ4v) is 5.83. The zero-order chi connectivity index (χ0) is 18.5. The number of hydrogen-bond donors (Lipinski definition) is 1. The fraction of sp³-hybridized carbons (Fsp3) is 0.350. The van der Waals surface area contributed by atoms with Crippen molar-refractivity contribution in [2.24, 2.45) is 5.92 Å². The number of ketones is 1. The number of Topliss-reactive ketones (excluding diaryl/α,β-unsaturated/α-hetero) is 1. The third-order valence-electron chi connectivity index (χ3n) is 5.45. The first-order chi connectivity index (χ1) is 12.4. The highest BCUT2D eigenvalue weighted by atomic mass is 32.2. The highest BCUT2D eigenvalue weighted by Crippen LogP contribution is 2.44. The van der Waals surface area contributed by atoms with Gasteiger partial charge in [0.15, 0.2) is 0 Å². The van der Waals surface area contributed by atoms with Crippen molar-refractivity contribution in [3.05, 3.63) is 54.1 Å². The molecular weight excluding hydrogens is 348 g/mol. The van der Waals surface area contributed by atoms with E-state index in [4.69, 9.17) is 0 Å². The molecule has 2 aromatic rings. The molecule has 1 saturated carbocycles. The number of para-hydroxylation sites is 2. The molecule has 3 unspecified atom stereocenters. The maximum absolute atomic E-state index is 13.5. The normalized spacial score (nSPS) is 24.8. The van der Waals surface area contributed by atoms with Gasteiger partial charge in [0.05, 0.1) is 28.4 Å². The molecule has 1 aliphatic heterocycles. The topological polar surface area (TPSA) is 66.5 Å². The lowest BCUT2D eigenvalue weighted by molar-refractivity contribution is -0.120. The molecule has 1 heterocycles. The Labute approximate surface area is 154 Å². The molecule has 0 bridgehead atoms. The van der Waals surface area contributed by atoms with Gasteiger partial charge in [-0.25, -0.2) is 8.42 Å². The molecule has 0 radical (unpaired) electrons. The van der Waals surface area contributed by atoms with Gasteiger partial charge in [0.2, 0.25) is 0 Å². The molecule has 5 nitrogen and oxygen atoms in total. The second-order valence-corrected chi connectivity index (χ2v) is 8.87. The summed E-state index contributed by atoms with van der Waals surface area (Å²) in [5.41, 5.74) is 2.38. The smallest absolute Gasteiger partial charge is 0.264 e. The number of carbonyl (C=O) groups is 1. The number of nitrogens with one attached hydrogen (secondary N) is 1. The minimum atomic E-state index is -3.76. The number of sulfonamides is 1. The van der Waals surface area contributed by atoms with Crippen molar-refractivity contribution in [3.8, 4) is 0 Å². The van der Waals surface area contributed by atoms with E-state index in [0.717, 1.165) is 11.3 Å². The average Bonchev–Trinajstić information content (AvgIpc) is 2.94. The minimum Gasteiger partial charge on any atom is -0.378 e. The number of carbonyl (C=O) groups excluding carboxylic acids is 1. The maximum Gasteiger partial charge on any atom is 0.264 e. The van der Waals surface area contributed by atoms with Crippen molar-refractivity contribution in [3.63, 3.8) is 0 Å². The zero-order valence-corrected chi connectivity index (χ0v) is 15.7. The van der Waals surface area contributed by atoms with E-state index < -0.39 is 16.1 Å². The Hall–Kier alpha value is -2.34. The zero-order valence-electron chi connectivity index (χ0n) is 14.8. The Morgan fingerprint density at radius 3 is 2.50 bits per heavy atom. The van der Waals surface area contributed by atoms with Crippen molar-refractivity contribution in [1.82, 2.24) is 0 Å². The minimum absolute atomic E-state index is 0.131. The van der Waals surface area contributed by atoms with Crippen molar-refractivity contribution >= 4 is 27.2 Å². The van der Waals surface area contributed by atoms with Gasteiger partial charge in [-0.1, -0.05) is 36.8 Å². The van der Waals surface area contributed by atoms with E-state index in [0.29, 0.717) is 12.1 Å². The van der Waals surface area contributed by atoms with E-state index in [9.17, 15) is 13.2 Å². The Bertz CT molecular complexity index is 953. The van der Waals surface area contributed by atoms with Crippen LogP contribution < -0.4 is 9.62 Å². The Morgan fingerprint density at radius 1 is 1.12 bits per heavy atom. The standard InChI is InChI=1S/C20H22N2O3S/c1-3-15-19(23)12-18-20(15)21-16-6-4-5-7-17(16)22(18)26(24,25)14-10-8-13(2)9-11-14/h4-11,15,18,20-21H,3,12H2,1-2H3. The van der Waals surface area contributed by atoms with Gasteiger partial charge in [-0.05, 0) is 37.6 Å². The highest BCUT2D eigenvalue weighted by Gasteiger charge is 2.50. The van der Waals surface area contributed by atoms with E-state index in [1.54, 1.807) is 30.3 Å². The molecule has 1 aliphatic carbocycles. The Morgan fingerprint density at radius 2 is 1.81 bits per heavy atom. The van der Waals surface area contributed by atoms with Crippen LogP contribution in [0.2, 0.25) is 0 Å². The molecular formula is C20H22N2O3S. The SMILES string of the molecule is CCC1C(=O)CC2C1Nc1ccccc1N2S(=O)(=O)c1ccc(C)cc1. The molecule has 6 heteroatoms. The molecule has 2 aliphatic rings. The summed E-state index contributed by atoms with van der Waals surface area (Å²) in [5, 5.41) is 3.43. The quantitative estimate of drug-likeness (QED) is 0.900. The van der Waals surface area contributed by atoms with Crippen LogP contribution in [0.5, 0.6) is 0 Å². The van der Waals surface area contributed by atoms with E-state index in [-0.39, 0.29) is 29.1 Å². The van der Waals surface area contributed by atoms with Crippen LogP contribution >= 0.6 is 0 Å². The fourth-order valence-electron chi connectivity index (χ4n) is 4.14. The van der Waals surface area contributed by atoms with Crippen LogP contribution in [0.25, 0.3) is 0 Å². The Balaban J connectivity index is 1.87. The van der Waals surface area contributed by atoms with Gasteiger partial charge < -0.3 is 5.32 Å². The largest absolute Gasteiger partial charge is 0.378 e. The summed E-state index contributed by atoms with van der Waals surface area (Å²) >= 11 is 0. The van der Waals surface area contributed by atoms with Crippen molar-refractivity contribution in [2.75, 3.05) is 9.62 Å². The highest BCUT2D eigenvalue weighted by molar-refractivity contribution is 7.92. The molecule has 0 amide bonds. The number of fused-ring (bicyclic) bond motifs is 2. The van der Waals surface area contributed by atoms with Crippen molar-refractivity contribution in [1.29, 1.82) is 0 Å². The summed E-state index contributed by atoms with van der Waals surface area (Å²) in [6.45, 7) is 3.90. The molecule has 0 spiro atoms. The number of nitrogens with zero attached hydrogens (tertiary/aromatic N) is 1. The van der Waals surface area contributed by atoms with Crippen LogP contribution in [0.1, 0.15) is 25.3 Å². The lowest BCUT2D eigenvalue weighted by Gasteiger charge is -2.41. The van der Waals surface area contributed by atoms with Crippen LogP contribution in [0.3, 0.4) is 0 Å². The molecule has 2 aromatic carbocycles. The number of aryl methyl sites for hydroxylation is 1. The van der Waals surface area contributed by atoms with E-state index in [1.165, 1.54) is 4.31 Å². The third-order valence-corrected chi connectivity index (χ3v) is 7.31. The molecule has 1 fully saturated rings. The molecule has 1 N–H and O–H groups in total. The summed E-state index contributed by atoms with van der Waals surface area (Å²) in [6, 6.07) is 13.7. The predicted molar refractivity (Wildman–Crippen MR) is 102 cm³/mol. The third kappa shape index (κ3) is 2.51. The van der Waals surface area contributed by atoms with Crippen molar-refractivity contribution in [2.45, 2.75) is 43.7 Å². The van der Waals surface area contributed by atoms with Gasteiger partial charge in [-0.3, -0.25) is 9.10 Å². The number of rotatable bonds is 3.